The van der Waals surface area contributed by atoms with E-state index in [4.69, 9.17) is 4.74 Å². The molecule has 2 N–H and O–H groups in total. The molecule has 0 amide bonds. The third-order valence-corrected chi connectivity index (χ3v) is 6.87. The van der Waals surface area contributed by atoms with Crippen LogP contribution in [0, 0.1) is 0 Å². The van der Waals surface area contributed by atoms with Gasteiger partial charge in [-0.1, -0.05) is 6.07 Å². The molecule has 148 valence electrons. The van der Waals surface area contributed by atoms with Crippen LogP contribution in [0.1, 0.15) is 54.9 Å². The number of fused-ring (bicyclic) bond motifs is 3. The Morgan fingerprint density at radius 1 is 1.21 bits per heavy atom. The zero-order valence-corrected chi connectivity index (χ0v) is 16.9. The normalized spacial score (nSPS) is 24.3. The van der Waals surface area contributed by atoms with E-state index in [1.54, 1.807) is 7.11 Å². The summed E-state index contributed by atoms with van der Waals surface area (Å²) in [4.78, 5) is 2.72. The van der Waals surface area contributed by atoms with Crippen molar-refractivity contribution in [1.82, 2.24) is 5.32 Å². The molecule has 3 atom stereocenters. The number of nitrogens with zero attached hydrogens (tertiary/aromatic N) is 1. The molecule has 0 aliphatic carbocycles. The van der Waals surface area contributed by atoms with Crippen LogP contribution in [0.3, 0.4) is 0 Å². The second-order valence-corrected chi connectivity index (χ2v) is 8.52. The van der Waals surface area contributed by atoms with Gasteiger partial charge in [0.05, 0.1) is 13.2 Å². The lowest BCUT2D eigenvalue weighted by molar-refractivity contribution is 0.199. The molecule has 1 fully saturated rings. The van der Waals surface area contributed by atoms with E-state index in [1.807, 2.05) is 19.1 Å². The molecular formula is C24H30N2O2. The summed E-state index contributed by atoms with van der Waals surface area (Å²) in [5.41, 5.74) is 7.82. The third-order valence-electron chi connectivity index (χ3n) is 6.87. The number of methoxy groups -OCH3 is 1. The first-order valence-corrected chi connectivity index (χ1v) is 10.7. The van der Waals surface area contributed by atoms with Crippen molar-refractivity contribution in [3.63, 3.8) is 0 Å². The van der Waals surface area contributed by atoms with Gasteiger partial charge in [-0.05, 0) is 91.2 Å². The standard InChI is InChI=1S/C24H30N2O2/c1-15(27)20-13-18(28-2)6-7-19(20)17-11-16-5-3-4-10-26-23-8-9-25-14-22(23)21(12-17)24(16)26/h6-7,11-13,15,22-23,25,27H,3-5,8-10,14H2,1-2H3. The summed E-state index contributed by atoms with van der Waals surface area (Å²) in [6, 6.07) is 11.5. The van der Waals surface area contributed by atoms with Gasteiger partial charge >= 0.3 is 0 Å². The summed E-state index contributed by atoms with van der Waals surface area (Å²) >= 11 is 0. The highest BCUT2D eigenvalue weighted by Gasteiger charge is 2.41. The second-order valence-electron chi connectivity index (χ2n) is 8.52. The van der Waals surface area contributed by atoms with Crippen molar-refractivity contribution in [3.05, 3.63) is 47.0 Å². The van der Waals surface area contributed by atoms with E-state index in [2.05, 4.69) is 28.4 Å². The van der Waals surface area contributed by atoms with Crippen LogP contribution >= 0.6 is 0 Å². The van der Waals surface area contributed by atoms with Gasteiger partial charge in [0.25, 0.3) is 0 Å². The van der Waals surface area contributed by atoms with Crippen molar-refractivity contribution in [2.45, 2.75) is 50.7 Å². The molecular weight excluding hydrogens is 348 g/mol. The number of nitrogens with one attached hydrogen (secondary N) is 1. The number of benzene rings is 2. The highest BCUT2D eigenvalue weighted by molar-refractivity contribution is 5.78. The molecule has 3 unspecified atom stereocenters. The van der Waals surface area contributed by atoms with Crippen molar-refractivity contribution in [1.29, 1.82) is 0 Å². The zero-order valence-electron chi connectivity index (χ0n) is 16.9. The summed E-state index contributed by atoms with van der Waals surface area (Å²) in [6.45, 7) is 5.23. The Morgan fingerprint density at radius 2 is 2.11 bits per heavy atom. The summed E-state index contributed by atoms with van der Waals surface area (Å²) in [5, 5.41) is 14.0. The first kappa shape index (κ1) is 18.0. The number of ether oxygens (including phenoxy) is 1. The summed E-state index contributed by atoms with van der Waals surface area (Å²) in [5.74, 6) is 1.37. The Hall–Kier alpha value is -2.04. The van der Waals surface area contributed by atoms with Crippen LogP contribution in [0.2, 0.25) is 0 Å². The number of piperidine rings is 1. The maximum Gasteiger partial charge on any atom is 0.119 e. The van der Waals surface area contributed by atoms with Crippen molar-refractivity contribution in [2.24, 2.45) is 0 Å². The molecule has 4 nitrogen and oxygen atoms in total. The molecule has 0 saturated carbocycles. The molecule has 0 radical (unpaired) electrons. The van der Waals surface area contributed by atoms with Crippen molar-refractivity contribution < 1.29 is 9.84 Å². The van der Waals surface area contributed by atoms with Crippen LogP contribution < -0.4 is 15.0 Å². The fourth-order valence-corrected chi connectivity index (χ4v) is 5.55. The zero-order chi connectivity index (χ0) is 19.3. The maximum atomic E-state index is 10.4. The molecule has 0 spiro atoms. The number of anilines is 1. The first-order chi connectivity index (χ1) is 13.7. The van der Waals surface area contributed by atoms with Gasteiger partial charge in [-0.15, -0.1) is 0 Å². The minimum Gasteiger partial charge on any atom is -0.497 e. The van der Waals surface area contributed by atoms with Crippen LogP contribution in [0.15, 0.2) is 30.3 Å². The topological polar surface area (TPSA) is 44.7 Å². The summed E-state index contributed by atoms with van der Waals surface area (Å²) in [6.07, 6.45) is 4.39. The number of aliphatic hydroxyl groups is 1. The van der Waals surface area contributed by atoms with E-state index in [9.17, 15) is 5.11 Å². The second kappa shape index (κ2) is 7.09. The molecule has 1 saturated heterocycles. The number of hydrogen-bond donors (Lipinski definition) is 2. The summed E-state index contributed by atoms with van der Waals surface area (Å²) in [7, 11) is 1.68. The van der Waals surface area contributed by atoms with Crippen molar-refractivity contribution >= 4 is 5.69 Å². The van der Waals surface area contributed by atoms with Crippen molar-refractivity contribution in [3.8, 4) is 16.9 Å². The Balaban J connectivity index is 1.67. The van der Waals surface area contributed by atoms with Gasteiger partial charge in [0, 0.05) is 30.7 Å². The van der Waals surface area contributed by atoms with E-state index < -0.39 is 6.10 Å². The van der Waals surface area contributed by atoms with Crippen LogP contribution in [0.5, 0.6) is 5.75 Å². The highest BCUT2D eigenvalue weighted by atomic mass is 16.5. The monoisotopic (exact) mass is 378 g/mol. The molecule has 28 heavy (non-hydrogen) atoms. The molecule has 3 aliphatic rings. The molecule has 3 heterocycles. The van der Waals surface area contributed by atoms with Crippen LogP contribution in [0.4, 0.5) is 5.69 Å². The fraction of sp³-hybridized carbons (Fsp3) is 0.500. The molecule has 0 bridgehead atoms. The van der Waals surface area contributed by atoms with E-state index in [-0.39, 0.29) is 0 Å². The van der Waals surface area contributed by atoms with Crippen LogP contribution in [-0.2, 0) is 6.42 Å². The fourth-order valence-electron chi connectivity index (χ4n) is 5.55. The molecule has 0 aromatic heterocycles. The van der Waals surface area contributed by atoms with Gasteiger partial charge in [-0.2, -0.15) is 0 Å². The Morgan fingerprint density at radius 3 is 2.93 bits per heavy atom. The summed E-state index contributed by atoms with van der Waals surface area (Å²) < 4.78 is 5.40. The molecule has 3 aliphatic heterocycles. The SMILES string of the molecule is COc1ccc(-c2cc3c4c(c2)C2CNCCC2N4CCCC3)c(C(C)O)c1. The average molecular weight is 379 g/mol. The quantitative estimate of drug-likeness (QED) is 0.847. The van der Waals surface area contributed by atoms with Gasteiger partial charge in [-0.3, -0.25) is 0 Å². The molecule has 2 aromatic carbocycles. The smallest absolute Gasteiger partial charge is 0.119 e. The van der Waals surface area contributed by atoms with Gasteiger partial charge in [0.15, 0.2) is 0 Å². The number of aryl methyl sites for hydroxylation is 1. The maximum absolute atomic E-state index is 10.4. The van der Waals surface area contributed by atoms with Crippen LogP contribution in [-0.4, -0.2) is 37.9 Å². The van der Waals surface area contributed by atoms with Gasteiger partial charge in [-0.25, -0.2) is 0 Å². The molecule has 4 heteroatoms. The average Bonchev–Trinajstić information content (AvgIpc) is 2.88. The van der Waals surface area contributed by atoms with Gasteiger partial charge < -0.3 is 20.1 Å². The molecule has 5 rings (SSSR count). The number of aliphatic hydroxyl groups excluding tert-OH is 1. The lowest BCUT2D eigenvalue weighted by Crippen LogP contribution is -2.44. The largest absolute Gasteiger partial charge is 0.497 e. The first-order valence-electron chi connectivity index (χ1n) is 10.7. The predicted octanol–water partition coefficient (Wildman–Crippen LogP) is 4.02. The lowest BCUT2D eigenvalue weighted by atomic mass is 9.86. The Bertz CT molecular complexity index is 892. The van der Waals surface area contributed by atoms with E-state index in [0.717, 1.165) is 36.4 Å². The van der Waals surface area contributed by atoms with Gasteiger partial charge in [0.1, 0.15) is 5.75 Å². The van der Waals surface area contributed by atoms with E-state index >= 15 is 0 Å². The number of rotatable bonds is 3. The van der Waals surface area contributed by atoms with E-state index in [0.29, 0.717) is 12.0 Å². The Kier molecular flexibility index (Phi) is 4.56. The molecule has 2 aromatic rings. The highest BCUT2D eigenvalue weighted by Crippen LogP contribution is 2.49. The van der Waals surface area contributed by atoms with Gasteiger partial charge in [0.2, 0.25) is 0 Å². The lowest BCUT2D eigenvalue weighted by Gasteiger charge is -2.33. The number of hydrogen-bond acceptors (Lipinski definition) is 4. The predicted molar refractivity (Wildman–Crippen MR) is 113 cm³/mol. The minimum absolute atomic E-state index is 0.530. The van der Waals surface area contributed by atoms with E-state index in [1.165, 1.54) is 48.2 Å². The minimum atomic E-state index is -0.530. The van der Waals surface area contributed by atoms with Crippen LogP contribution in [0.25, 0.3) is 11.1 Å². The Labute approximate surface area is 167 Å². The third kappa shape index (κ3) is 2.82. The van der Waals surface area contributed by atoms with Crippen molar-refractivity contribution in [2.75, 3.05) is 31.6 Å².